The van der Waals surface area contributed by atoms with Crippen molar-refractivity contribution < 1.29 is 4.79 Å². The normalized spacial score (nSPS) is 11.6. The maximum Gasteiger partial charge on any atom is 0.308 e. The van der Waals surface area contributed by atoms with Gasteiger partial charge in [0, 0.05) is 22.1 Å². The van der Waals surface area contributed by atoms with Crippen LogP contribution in [0.1, 0.15) is 29.4 Å². The summed E-state index contributed by atoms with van der Waals surface area (Å²) in [5, 5.41) is 5.64. The number of aromatic nitrogens is 2. The van der Waals surface area contributed by atoms with E-state index in [1.807, 2.05) is 33.1 Å². The monoisotopic (exact) mass is 311 g/mol. The molecule has 0 radical (unpaired) electrons. The predicted octanol–water partition coefficient (Wildman–Crippen LogP) is 2.03. The topological polar surface area (TPSA) is 64.0 Å². The highest BCUT2D eigenvalue weighted by Crippen LogP contribution is 2.21. The smallest absolute Gasteiger partial charge is 0.308 e. The number of nitrogens with one attached hydrogen (secondary N) is 1. The lowest BCUT2D eigenvalue weighted by molar-refractivity contribution is -0.123. The van der Waals surface area contributed by atoms with Crippen molar-refractivity contribution in [1.82, 2.24) is 14.9 Å². The minimum Gasteiger partial charge on any atom is -0.343 e. The molecule has 2 aromatic rings. The Bertz CT molecular complexity index is 668. The number of carbonyl (C=O) groups excluding carboxylic acids is 1. The van der Waals surface area contributed by atoms with Crippen molar-refractivity contribution in [2.45, 2.75) is 39.8 Å². The fourth-order valence-corrected chi connectivity index (χ4v) is 3.44. The SMILES string of the molecule is Cc1sc(=O)n(CC(=O)NC(C)(C)c2nccs2)c1C. The van der Waals surface area contributed by atoms with Crippen LogP contribution in [0.15, 0.2) is 16.4 Å². The van der Waals surface area contributed by atoms with Crippen LogP contribution in [0.4, 0.5) is 0 Å². The van der Waals surface area contributed by atoms with Gasteiger partial charge in [-0.15, -0.1) is 11.3 Å². The van der Waals surface area contributed by atoms with Gasteiger partial charge in [-0.05, 0) is 27.7 Å². The van der Waals surface area contributed by atoms with Gasteiger partial charge in [-0.3, -0.25) is 14.2 Å². The second-order valence-electron chi connectivity index (χ2n) is 5.11. The van der Waals surface area contributed by atoms with Gasteiger partial charge in [0.15, 0.2) is 0 Å². The van der Waals surface area contributed by atoms with Crippen LogP contribution in [0.2, 0.25) is 0 Å². The van der Waals surface area contributed by atoms with Crippen molar-refractivity contribution >= 4 is 28.6 Å². The lowest BCUT2D eigenvalue weighted by atomic mass is 10.1. The molecule has 0 aliphatic rings. The quantitative estimate of drug-likeness (QED) is 0.939. The second-order valence-corrected chi connectivity index (χ2v) is 7.17. The first-order valence-corrected chi connectivity index (χ1v) is 7.88. The van der Waals surface area contributed by atoms with E-state index in [0.29, 0.717) is 0 Å². The summed E-state index contributed by atoms with van der Waals surface area (Å²) in [4.78, 5) is 29.0. The van der Waals surface area contributed by atoms with Gasteiger partial charge < -0.3 is 5.32 Å². The lowest BCUT2D eigenvalue weighted by Crippen LogP contribution is -2.43. The minimum absolute atomic E-state index is 0.0454. The Morgan fingerprint density at radius 3 is 2.65 bits per heavy atom. The van der Waals surface area contributed by atoms with Crippen LogP contribution >= 0.6 is 22.7 Å². The molecule has 0 atom stereocenters. The number of aryl methyl sites for hydroxylation is 1. The van der Waals surface area contributed by atoms with E-state index in [0.717, 1.165) is 15.6 Å². The number of hydrogen-bond donors (Lipinski definition) is 1. The van der Waals surface area contributed by atoms with Crippen LogP contribution in [0, 0.1) is 13.8 Å². The molecular formula is C13H17N3O2S2. The van der Waals surface area contributed by atoms with Gasteiger partial charge in [0.05, 0.1) is 5.54 Å². The van der Waals surface area contributed by atoms with E-state index in [4.69, 9.17) is 0 Å². The number of rotatable bonds is 4. The predicted molar refractivity (Wildman–Crippen MR) is 81.3 cm³/mol. The molecule has 20 heavy (non-hydrogen) atoms. The van der Waals surface area contributed by atoms with Gasteiger partial charge in [-0.2, -0.15) is 0 Å². The van der Waals surface area contributed by atoms with Crippen LogP contribution in [0.3, 0.4) is 0 Å². The van der Waals surface area contributed by atoms with Gasteiger partial charge in [0.25, 0.3) is 0 Å². The van der Waals surface area contributed by atoms with E-state index < -0.39 is 5.54 Å². The Kier molecular flexibility index (Phi) is 4.10. The Balaban J connectivity index is 2.12. The molecule has 2 rings (SSSR count). The van der Waals surface area contributed by atoms with Gasteiger partial charge in [-0.1, -0.05) is 11.3 Å². The molecule has 0 unspecified atom stereocenters. The van der Waals surface area contributed by atoms with Crippen LogP contribution < -0.4 is 10.2 Å². The third-order valence-electron chi connectivity index (χ3n) is 3.10. The highest BCUT2D eigenvalue weighted by molar-refractivity contribution is 7.09. The van der Waals surface area contributed by atoms with Crippen LogP contribution in [-0.2, 0) is 16.9 Å². The van der Waals surface area contributed by atoms with Crippen molar-refractivity contribution in [3.8, 4) is 0 Å². The van der Waals surface area contributed by atoms with E-state index in [1.54, 1.807) is 6.20 Å². The van der Waals surface area contributed by atoms with Crippen molar-refractivity contribution in [2.75, 3.05) is 0 Å². The Labute approximate surface area is 125 Å². The van der Waals surface area contributed by atoms with Crippen molar-refractivity contribution in [3.05, 3.63) is 36.8 Å². The molecule has 1 N–H and O–H groups in total. The highest BCUT2D eigenvalue weighted by Gasteiger charge is 2.26. The molecule has 0 spiro atoms. The first-order valence-electron chi connectivity index (χ1n) is 6.19. The zero-order valence-corrected chi connectivity index (χ0v) is 13.5. The molecule has 0 saturated heterocycles. The van der Waals surface area contributed by atoms with Gasteiger partial charge in [0.2, 0.25) is 5.91 Å². The molecule has 1 amide bonds. The zero-order chi connectivity index (χ0) is 14.9. The Morgan fingerprint density at radius 1 is 1.45 bits per heavy atom. The first kappa shape index (κ1) is 14.9. The summed E-state index contributed by atoms with van der Waals surface area (Å²) in [5.41, 5.74) is 0.315. The first-order chi connectivity index (χ1) is 9.31. The standard InChI is InChI=1S/C13H17N3O2S2/c1-8-9(2)20-12(18)16(8)7-10(17)15-13(3,4)11-14-5-6-19-11/h5-6H,7H2,1-4H3,(H,15,17). The molecule has 0 saturated carbocycles. The molecule has 5 nitrogen and oxygen atoms in total. The van der Waals surface area contributed by atoms with Crippen LogP contribution in [0.25, 0.3) is 0 Å². The third kappa shape index (κ3) is 2.99. The molecule has 0 aromatic carbocycles. The average molecular weight is 311 g/mol. The summed E-state index contributed by atoms with van der Waals surface area (Å²) in [6, 6.07) is 0. The van der Waals surface area contributed by atoms with Crippen molar-refractivity contribution in [3.63, 3.8) is 0 Å². The third-order valence-corrected chi connectivity index (χ3v) is 5.19. The number of thiazole rings is 2. The number of amides is 1. The Hall–Kier alpha value is -1.47. The number of nitrogens with zero attached hydrogens (tertiary/aromatic N) is 2. The summed E-state index contributed by atoms with van der Waals surface area (Å²) in [7, 11) is 0. The van der Waals surface area contributed by atoms with Crippen molar-refractivity contribution in [2.24, 2.45) is 0 Å². The van der Waals surface area contributed by atoms with Crippen LogP contribution in [0.5, 0.6) is 0 Å². The molecular weight excluding hydrogens is 294 g/mol. The van der Waals surface area contributed by atoms with Gasteiger partial charge in [0.1, 0.15) is 11.6 Å². The summed E-state index contributed by atoms with van der Waals surface area (Å²) < 4.78 is 1.51. The molecule has 0 aliphatic carbocycles. The number of hydrogen-bond acceptors (Lipinski definition) is 5. The maximum absolute atomic E-state index is 12.1. The summed E-state index contributed by atoms with van der Waals surface area (Å²) in [5.74, 6) is -0.187. The molecule has 0 bridgehead atoms. The summed E-state index contributed by atoms with van der Waals surface area (Å²) in [6.45, 7) is 7.59. The van der Waals surface area contributed by atoms with E-state index in [1.165, 1.54) is 27.2 Å². The molecule has 0 aliphatic heterocycles. The zero-order valence-electron chi connectivity index (χ0n) is 11.9. The van der Waals surface area contributed by atoms with Crippen molar-refractivity contribution in [1.29, 1.82) is 0 Å². The minimum atomic E-state index is -0.534. The molecule has 2 heterocycles. The summed E-state index contributed by atoms with van der Waals surface area (Å²) in [6.07, 6.45) is 1.71. The number of carbonyl (C=O) groups is 1. The van der Waals surface area contributed by atoms with E-state index >= 15 is 0 Å². The summed E-state index contributed by atoms with van der Waals surface area (Å²) >= 11 is 2.67. The molecule has 7 heteroatoms. The fraction of sp³-hybridized carbons (Fsp3) is 0.462. The molecule has 0 fully saturated rings. The van der Waals surface area contributed by atoms with Gasteiger partial charge in [-0.25, -0.2) is 4.98 Å². The lowest BCUT2D eigenvalue weighted by Gasteiger charge is -2.24. The van der Waals surface area contributed by atoms with Gasteiger partial charge >= 0.3 is 4.87 Å². The average Bonchev–Trinajstić information content (AvgIpc) is 2.94. The van der Waals surface area contributed by atoms with E-state index in [9.17, 15) is 9.59 Å². The second kappa shape index (κ2) is 5.49. The maximum atomic E-state index is 12.1. The largest absolute Gasteiger partial charge is 0.343 e. The molecule has 108 valence electrons. The highest BCUT2D eigenvalue weighted by atomic mass is 32.1. The van der Waals surface area contributed by atoms with Crippen LogP contribution in [-0.4, -0.2) is 15.5 Å². The molecule has 2 aromatic heterocycles. The fourth-order valence-electron chi connectivity index (χ4n) is 1.89. The Morgan fingerprint density at radius 2 is 2.15 bits per heavy atom. The van der Waals surface area contributed by atoms with E-state index in [2.05, 4.69) is 10.3 Å². The van der Waals surface area contributed by atoms with E-state index in [-0.39, 0.29) is 17.3 Å².